The Morgan fingerprint density at radius 1 is 1.12 bits per heavy atom. The van der Waals surface area contributed by atoms with Crippen molar-refractivity contribution >= 4 is 34.3 Å². The van der Waals surface area contributed by atoms with Gasteiger partial charge in [0.15, 0.2) is 5.37 Å². The number of nitrogens with zero attached hydrogens (tertiary/aromatic N) is 2. The summed E-state index contributed by atoms with van der Waals surface area (Å²) in [5.74, 6) is -0.361. The van der Waals surface area contributed by atoms with E-state index in [1.54, 1.807) is 6.07 Å². The predicted octanol–water partition coefficient (Wildman–Crippen LogP) is 3.23. The van der Waals surface area contributed by atoms with Gasteiger partial charge in [0.25, 0.3) is 16.8 Å². The smallest absolute Gasteiger partial charge is 0.291 e. The third-order valence-electron chi connectivity index (χ3n) is 3.47. The highest BCUT2D eigenvalue weighted by Gasteiger charge is 2.39. The molecular formula is C16H13N3O4S. The van der Waals surface area contributed by atoms with E-state index in [0.29, 0.717) is 5.69 Å². The van der Waals surface area contributed by atoms with Gasteiger partial charge in [-0.1, -0.05) is 36.4 Å². The summed E-state index contributed by atoms with van der Waals surface area (Å²) in [5.41, 5.74) is 1.20. The standard InChI is InChI=1S/C16H13N3O4S/c20-15-14(17-12-7-4-8-13(9-12)19(22)23)24-16(21)18(15)10-11-5-2-1-3-6-11/h1-9,14,17H,10H2. The van der Waals surface area contributed by atoms with Crippen molar-refractivity contribution in [3.8, 4) is 0 Å². The molecule has 1 fully saturated rings. The highest BCUT2D eigenvalue weighted by atomic mass is 32.2. The lowest BCUT2D eigenvalue weighted by Gasteiger charge is -2.14. The number of nitrogens with one attached hydrogen (secondary N) is 1. The molecule has 0 aliphatic carbocycles. The van der Waals surface area contributed by atoms with Crippen molar-refractivity contribution in [1.82, 2.24) is 4.90 Å². The second-order valence-electron chi connectivity index (χ2n) is 5.13. The molecule has 3 rings (SSSR count). The van der Waals surface area contributed by atoms with Crippen LogP contribution in [-0.4, -0.2) is 26.3 Å². The molecular weight excluding hydrogens is 330 g/mol. The molecule has 1 N–H and O–H groups in total. The van der Waals surface area contributed by atoms with Gasteiger partial charge in [0.05, 0.1) is 11.5 Å². The van der Waals surface area contributed by atoms with E-state index < -0.39 is 10.3 Å². The van der Waals surface area contributed by atoms with Crippen LogP contribution in [0.1, 0.15) is 5.56 Å². The van der Waals surface area contributed by atoms with Crippen LogP contribution in [-0.2, 0) is 11.3 Å². The second kappa shape index (κ2) is 6.71. The average Bonchev–Trinajstić information content (AvgIpc) is 2.83. The minimum Gasteiger partial charge on any atom is -0.365 e. The molecule has 8 heteroatoms. The molecule has 0 spiro atoms. The van der Waals surface area contributed by atoms with Gasteiger partial charge in [0.1, 0.15) is 0 Å². The van der Waals surface area contributed by atoms with Crippen molar-refractivity contribution in [2.45, 2.75) is 11.9 Å². The zero-order valence-electron chi connectivity index (χ0n) is 12.4. The Balaban J connectivity index is 1.72. The summed E-state index contributed by atoms with van der Waals surface area (Å²) in [5, 5.41) is 12.6. The molecule has 0 bridgehead atoms. The van der Waals surface area contributed by atoms with Gasteiger partial charge in [-0.15, -0.1) is 0 Å². The fourth-order valence-electron chi connectivity index (χ4n) is 2.31. The van der Waals surface area contributed by atoms with Gasteiger partial charge in [-0.2, -0.15) is 0 Å². The monoisotopic (exact) mass is 343 g/mol. The van der Waals surface area contributed by atoms with Crippen molar-refractivity contribution in [2.75, 3.05) is 5.32 Å². The number of non-ortho nitro benzene ring substituents is 1. The van der Waals surface area contributed by atoms with Crippen molar-refractivity contribution in [1.29, 1.82) is 0 Å². The minimum absolute atomic E-state index is 0.0806. The summed E-state index contributed by atoms with van der Waals surface area (Å²) >= 11 is 0.867. The first-order valence-corrected chi connectivity index (χ1v) is 7.99. The number of rotatable bonds is 5. The summed E-state index contributed by atoms with van der Waals surface area (Å²) < 4.78 is 0. The Bertz CT molecular complexity index is 797. The zero-order valence-corrected chi connectivity index (χ0v) is 13.2. The number of anilines is 1. The van der Waals surface area contributed by atoms with Crippen molar-refractivity contribution < 1.29 is 14.5 Å². The fourth-order valence-corrected chi connectivity index (χ4v) is 3.21. The first kappa shape index (κ1) is 16.0. The van der Waals surface area contributed by atoms with Crippen LogP contribution in [0.25, 0.3) is 0 Å². The molecule has 24 heavy (non-hydrogen) atoms. The number of amides is 2. The molecule has 122 valence electrons. The summed E-state index contributed by atoms with van der Waals surface area (Å²) in [6, 6.07) is 15.1. The lowest BCUT2D eigenvalue weighted by Crippen LogP contribution is -2.33. The number of carbonyl (C=O) groups is 2. The van der Waals surface area contributed by atoms with Crippen LogP contribution >= 0.6 is 11.8 Å². The van der Waals surface area contributed by atoms with E-state index in [0.717, 1.165) is 17.3 Å². The number of thioether (sulfide) groups is 1. The Hall–Kier alpha value is -2.87. The average molecular weight is 343 g/mol. The normalized spacial score (nSPS) is 17.2. The fraction of sp³-hybridized carbons (Fsp3) is 0.125. The summed E-state index contributed by atoms with van der Waals surface area (Å²) in [4.78, 5) is 36.0. The number of carbonyl (C=O) groups excluding carboxylic acids is 2. The number of imide groups is 1. The van der Waals surface area contributed by atoms with Crippen molar-refractivity contribution in [3.63, 3.8) is 0 Å². The minimum atomic E-state index is -0.789. The van der Waals surface area contributed by atoms with Crippen LogP contribution in [0.3, 0.4) is 0 Å². The van der Waals surface area contributed by atoms with Crippen LogP contribution in [0, 0.1) is 10.1 Å². The summed E-state index contributed by atoms with van der Waals surface area (Å²) in [7, 11) is 0. The van der Waals surface area contributed by atoms with Crippen molar-refractivity contribution in [2.24, 2.45) is 0 Å². The van der Waals surface area contributed by atoms with Gasteiger partial charge in [-0.05, 0) is 23.4 Å². The van der Waals surface area contributed by atoms with Gasteiger partial charge in [-0.3, -0.25) is 24.6 Å². The topological polar surface area (TPSA) is 92.5 Å². The molecule has 2 aromatic rings. The van der Waals surface area contributed by atoms with Gasteiger partial charge in [0.2, 0.25) is 0 Å². The first-order valence-electron chi connectivity index (χ1n) is 7.11. The molecule has 2 amide bonds. The summed E-state index contributed by atoms with van der Waals surface area (Å²) in [6.07, 6.45) is 0. The van der Waals surface area contributed by atoms with Crippen LogP contribution in [0.15, 0.2) is 54.6 Å². The van der Waals surface area contributed by atoms with E-state index in [1.165, 1.54) is 23.1 Å². The Morgan fingerprint density at radius 3 is 2.58 bits per heavy atom. The SMILES string of the molecule is O=C1SC(Nc2cccc([N+](=O)[O-])c2)C(=O)N1Cc1ccccc1. The molecule has 2 aromatic carbocycles. The number of nitro benzene ring substituents is 1. The molecule has 1 saturated heterocycles. The van der Waals surface area contributed by atoms with E-state index in [-0.39, 0.29) is 23.4 Å². The number of hydrogen-bond acceptors (Lipinski definition) is 6. The third-order valence-corrected chi connectivity index (χ3v) is 4.44. The van der Waals surface area contributed by atoms with E-state index in [9.17, 15) is 19.7 Å². The van der Waals surface area contributed by atoms with Gasteiger partial charge in [-0.25, -0.2) is 0 Å². The highest BCUT2D eigenvalue weighted by Crippen LogP contribution is 2.30. The lowest BCUT2D eigenvalue weighted by atomic mass is 10.2. The molecule has 1 aliphatic heterocycles. The predicted molar refractivity (Wildman–Crippen MR) is 90.5 cm³/mol. The van der Waals surface area contributed by atoms with Gasteiger partial charge in [0, 0.05) is 17.8 Å². The lowest BCUT2D eigenvalue weighted by molar-refractivity contribution is -0.384. The molecule has 0 aromatic heterocycles. The van der Waals surface area contributed by atoms with Crippen LogP contribution in [0.5, 0.6) is 0 Å². The Morgan fingerprint density at radius 2 is 1.88 bits per heavy atom. The number of hydrogen-bond donors (Lipinski definition) is 1. The third kappa shape index (κ3) is 3.38. The molecule has 0 radical (unpaired) electrons. The van der Waals surface area contributed by atoms with Crippen LogP contribution in [0.4, 0.5) is 16.2 Å². The first-order chi connectivity index (χ1) is 11.5. The van der Waals surface area contributed by atoms with Crippen LogP contribution in [0.2, 0.25) is 0 Å². The molecule has 1 heterocycles. The molecule has 7 nitrogen and oxygen atoms in total. The maximum absolute atomic E-state index is 12.4. The van der Waals surface area contributed by atoms with E-state index >= 15 is 0 Å². The quantitative estimate of drug-likeness (QED) is 0.662. The van der Waals surface area contributed by atoms with E-state index in [1.807, 2.05) is 30.3 Å². The Kier molecular flexibility index (Phi) is 4.48. The van der Waals surface area contributed by atoms with Crippen molar-refractivity contribution in [3.05, 3.63) is 70.3 Å². The van der Waals surface area contributed by atoms with Crippen LogP contribution < -0.4 is 5.32 Å². The van der Waals surface area contributed by atoms with E-state index in [2.05, 4.69) is 5.32 Å². The van der Waals surface area contributed by atoms with Gasteiger partial charge < -0.3 is 5.32 Å². The van der Waals surface area contributed by atoms with Gasteiger partial charge >= 0.3 is 0 Å². The van der Waals surface area contributed by atoms with E-state index in [4.69, 9.17) is 0 Å². The largest absolute Gasteiger partial charge is 0.365 e. The number of benzene rings is 2. The second-order valence-corrected chi connectivity index (χ2v) is 6.18. The highest BCUT2D eigenvalue weighted by molar-refractivity contribution is 8.15. The molecule has 1 aliphatic rings. The summed E-state index contributed by atoms with van der Waals surface area (Å²) in [6.45, 7) is 0.207. The maximum Gasteiger partial charge on any atom is 0.291 e. The molecule has 0 saturated carbocycles. The molecule has 1 atom stereocenters. The zero-order chi connectivity index (χ0) is 17.1. The number of nitro groups is 1. The molecule has 1 unspecified atom stereocenters. The Labute approximate surface area is 141 Å². The maximum atomic E-state index is 12.4.